The highest BCUT2D eigenvalue weighted by Gasteiger charge is 2.28. The summed E-state index contributed by atoms with van der Waals surface area (Å²) in [6.45, 7) is 0. The van der Waals surface area contributed by atoms with Crippen LogP contribution >= 0.6 is 11.8 Å². The third-order valence-electron chi connectivity index (χ3n) is 3.16. The molecule has 0 N–H and O–H groups in total. The zero-order valence-electron chi connectivity index (χ0n) is 8.13. The van der Waals surface area contributed by atoms with E-state index in [1.807, 2.05) is 11.8 Å². The molecule has 0 heterocycles. The molecule has 13 heavy (non-hydrogen) atoms. The highest BCUT2D eigenvalue weighted by Crippen LogP contribution is 2.36. The summed E-state index contributed by atoms with van der Waals surface area (Å²) in [7, 11) is 0. The Bertz CT molecular complexity index is 185. The third kappa shape index (κ3) is 2.49. The quantitative estimate of drug-likeness (QED) is 0.678. The molecule has 0 saturated heterocycles. The molecule has 0 bridgehead atoms. The Morgan fingerprint density at radius 2 is 1.77 bits per heavy atom. The van der Waals surface area contributed by atoms with Crippen LogP contribution in [-0.4, -0.2) is 16.3 Å². The second kappa shape index (κ2) is 4.50. The topological polar surface area (TPSA) is 17.1 Å². The molecule has 2 aliphatic rings. The van der Waals surface area contributed by atoms with Crippen LogP contribution in [0, 0.1) is 0 Å². The lowest BCUT2D eigenvalue weighted by Crippen LogP contribution is -2.17. The zero-order chi connectivity index (χ0) is 9.10. The summed E-state index contributed by atoms with van der Waals surface area (Å²) >= 11 is 1.99. The van der Waals surface area contributed by atoms with Gasteiger partial charge in [0.2, 0.25) is 0 Å². The lowest BCUT2D eigenvalue weighted by atomic mass is 10.0. The number of hydrogen-bond acceptors (Lipinski definition) is 2. The summed E-state index contributed by atoms with van der Waals surface area (Å²) in [5.41, 5.74) is 0. The molecule has 2 aliphatic carbocycles. The molecule has 2 fully saturated rings. The molecule has 1 nitrogen and oxygen atoms in total. The van der Waals surface area contributed by atoms with Crippen molar-refractivity contribution in [2.24, 2.45) is 0 Å². The number of thioether (sulfide) groups is 1. The van der Waals surface area contributed by atoms with E-state index in [2.05, 4.69) is 0 Å². The first-order valence-corrected chi connectivity index (χ1v) is 6.49. The van der Waals surface area contributed by atoms with Gasteiger partial charge in [0.05, 0.1) is 5.25 Å². The molecule has 0 spiro atoms. The lowest BCUT2D eigenvalue weighted by Gasteiger charge is -2.23. The number of hydrogen-bond donors (Lipinski definition) is 0. The van der Waals surface area contributed by atoms with Crippen molar-refractivity contribution in [2.45, 2.75) is 61.9 Å². The van der Waals surface area contributed by atoms with E-state index in [0.29, 0.717) is 11.0 Å². The largest absolute Gasteiger partial charge is 0.298 e. The van der Waals surface area contributed by atoms with Gasteiger partial charge in [-0.05, 0) is 25.7 Å². The highest BCUT2D eigenvalue weighted by atomic mass is 32.2. The molecular weight excluding hydrogens is 180 g/mol. The van der Waals surface area contributed by atoms with Gasteiger partial charge >= 0.3 is 0 Å². The Labute approximate surface area is 84.7 Å². The number of Topliss-reactive ketones (excluding diaryl/α,β-unsaturated/α-hetero) is 1. The van der Waals surface area contributed by atoms with E-state index in [1.54, 1.807) is 0 Å². The van der Waals surface area contributed by atoms with E-state index in [1.165, 1.54) is 32.1 Å². The fraction of sp³-hybridized carbons (Fsp3) is 0.909. The maximum Gasteiger partial charge on any atom is 0.145 e. The number of ketones is 1. The van der Waals surface area contributed by atoms with Crippen molar-refractivity contribution >= 4 is 17.5 Å². The first kappa shape index (κ1) is 9.57. The maximum atomic E-state index is 11.4. The normalized spacial score (nSPS) is 31.1. The summed E-state index contributed by atoms with van der Waals surface area (Å²) < 4.78 is 0. The summed E-state index contributed by atoms with van der Waals surface area (Å²) in [5.74, 6) is 0.524. The van der Waals surface area contributed by atoms with Crippen LogP contribution in [0.1, 0.15) is 51.4 Å². The average Bonchev–Trinajstić information content (AvgIpc) is 2.54. The Hall–Kier alpha value is 0.0200. The first-order chi connectivity index (χ1) is 6.36. The summed E-state index contributed by atoms with van der Waals surface area (Å²) in [4.78, 5) is 11.4. The van der Waals surface area contributed by atoms with Crippen molar-refractivity contribution in [3.05, 3.63) is 0 Å². The van der Waals surface area contributed by atoms with Crippen LogP contribution in [0.3, 0.4) is 0 Å². The van der Waals surface area contributed by atoms with Crippen molar-refractivity contribution in [1.82, 2.24) is 0 Å². The van der Waals surface area contributed by atoms with Gasteiger partial charge in [0.1, 0.15) is 5.78 Å². The minimum Gasteiger partial charge on any atom is -0.298 e. The Morgan fingerprint density at radius 3 is 2.38 bits per heavy atom. The van der Waals surface area contributed by atoms with Gasteiger partial charge in [-0.15, -0.1) is 11.8 Å². The highest BCUT2D eigenvalue weighted by molar-refractivity contribution is 8.01. The molecular formula is C11H18OS. The van der Waals surface area contributed by atoms with Gasteiger partial charge < -0.3 is 0 Å². The molecule has 74 valence electrons. The van der Waals surface area contributed by atoms with Crippen LogP contribution in [-0.2, 0) is 4.79 Å². The fourth-order valence-corrected chi connectivity index (χ4v) is 4.00. The molecule has 0 aliphatic heterocycles. The van der Waals surface area contributed by atoms with Crippen LogP contribution in [0.4, 0.5) is 0 Å². The van der Waals surface area contributed by atoms with Gasteiger partial charge in [0.15, 0.2) is 0 Å². The number of rotatable bonds is 2. The smallest absolute Gasteiger partial charge is 0.145 e. The summed E-state index contributed by atoms with van der Waals surface area (Å²) in [6.07, 6.45) is 10.0. The fourth-order valence-electron chi connectivity index (χ4n) is 2.36. The molecule has 2 heteroatoms. The van der Waals surface area contributed by atoms with Gasteiger partial charge in [0, 0.05) is 11.7 Å². The molecule has 0 amide bonds. The monoisotopic (exact) mass is 198 g/mol. The van der Waals surface area contributed by atoms with Crippen LogP contribution < -0.4 is 0 Å². The molecule has 0 radical (unpaired) electrons. The second-order valence-corrected chi connectivity index (χ2v) is 5.75. The van der Waals surface area contributed by atoms with E-state index >= 15 is 0 Å². The zero-order valence-corrected chi connectivity index (χ0v) is 8.94. The first-order valence-electron chi connectivity index (χ1n) is 5.54. The number of carbonyl (C=O) groups excluding carboxylic acids is 1. The van der Waals surface area contributed by atoms with Gasteiger partial charge in [-0.25, -0.2) is 0 Å². The van der Waals surface area contributed by atoms with Gasteiger partial charge in [-0.2, -0.15) is 0 Å². The Morgan fingerprint density at radius 1 is 1.00 bits per heavy atom. The Balaban J connectivity index is 1.79. The van der Waals surface area contributed by atoms with Gasteiger partial charge in [-0.3, -0.25) is 4.79 Å². The van der Waals surface area contributed by atoms with Crippen molar-refractivity contribution in [2.75, 3.05) is 0 Å². The minimum absolute atomic E-state index is 0.378. The van der Waals surface area contributed by atoms with Crippen LogP contribution in [0.15, 0.2) is 0 Å². The van der Waals surface area contributed by atoms with E-state index in [-0.39, 0.29) is 0 Å². The van der Waals surface area contributed by atoms with E-state index in [4.69, 9.17) is 0 Å². The van der Waals surface area contributed by atoms with Crippen LogP contribution in [0.5, 0.6) is 0 Å². The Kier molecular flexibility index (Phi) is 3.31. The van der Waals surface area contributed by atoms with Crippen molar-refractivity contribution in [3.8, 4) is 0 Å². The predicted molar refractivity (Wildman–Crippen MR) is 57.1 cm³/mol. The minimum atomic E-state index is 0.378. The van der Waals surface area contributed by atoms with Crippen molar-refractivity contribution < 1.29 is 4.79 Å². The van der Waals surface area contributed by atoms with Crippen LogP contribution in [0.2, 0.25) is 0 Å². The molecule has 0 aromatic rings. The molecule has 2 saturated carbocycles. The third-order valence-corrected chi connectivity index (χ3v) is 4.84. The molecule has 1 atom stereocenters. The lowest BCUT2D eigenvalue weighted by molar-refractivity contribution is -0.116. The van der Waals surface area contributed by atoms with E-state index < -0.39 is 0 Å². The summed E-state index contributed by atoms with van der Waals surface area (Å²) in [5, 5.41) is 1.18. The molecule has 1 unspecified atom stereocenters. The maximum absolute atomic E-state index is 11.4. The molecule has 2 rings (SSSR count). The predicted octanol–water partition coefficient (Wildman–Crippen LogP) is 3.17. The number of carbonyl (C=O) groups is 1. The SMILES string of the molecule is O=C1CCCC1SC1CCCCC1. The van der Waals surface area contributed by atoms with Crippen LogP contribution in [0.25, 0.3) is 0 Å². The summed E-state index contributed by atoms with van der Waals surface area (Å²) in [6, 6.07) is 0. The van der Waals surface area contributed by atoms with E-state index in [9.17, 15) is 4.79 Å². The standard InChI is InChI=1S/C11H18OS/c12-10-7-4-8-11(10)13-9-5-2-1-3-6-9/h9,11H,1-8H2. The van der Waals surface area contributed by atoms with Gasteiger partial charge in [0.25, 0.3) is 0 Å². The van der Waals surface area contributed by atoms with Crippen molar-refractivity contribution in [1.29, 1.82) is 0 Å². The van der Waals surface area contributed by atoms with Crippen molar-refractivity contribution in [3.63, 3.8) is 0 Å². The molecule has 0 aromatic heterocycles. The second-order valence-electron chi connectivity index (χ2n) is 4.24. The average molecular weight is 198 g/mol. The van der Waals surface area contributed by atoms with Gasteiger partial charge in [-0.1, -0.05) is 19.3 Å². The van der Waals surface area contributed by atoms with E-state index in [0.717, 1.165) is 24.5 Å². The molecule has 0 aromatic carbocycles.